The summed E-state index contributed by atoms with van der Waals surface area (Å²) >= 11 is 7.00. The van der Waals surface area contributed by atoms with E-state index in [4.69, 9.17) is 4.74 Å². The third kappa shape index (κ3) is 3.22. The fraction of sp³-hybridized carbons (Fsp3) is 0.500. The number of hydrogen-bond donors (Lipinski definition) is 0. The highest BCUT2D eigenvalue weighted by atomic mass is 79.9. The molecule has 0 amide bonds. The molecule has 15 heavy (non-hydrogen) atoms. The van der Waals surface area contributed by atoms with Crippen LogP contribution >= 0.6 is 31.9 Å². The average Bonchev–Trinajstić information content (AvgIpc) is 2.17. The molecule has 0 unspecified atom stereocenters. The van der Waals surface area contributed by atoms with Gasteiger partial charge in [0.05, 0.1) is 7.11 Å². The first-order valence-electron chi connectivity index (χ1n) is 4.91. The van der Waals surface area contributed by atoms with E-state index < -0.39 is 0 Å². The molecule has 0 fully saturated rings. The lowest BCUT2D eigenvalue weighted by Crippen LogP contribution is -2.18. The van der Waals surface area contributed by atoms with Gasteiger partial charge < -0.3 is 4.74 Å². The van der Waals surface area contributed by atoms with Crippen LogP contribution < -0.4 is 4.74 Å². The van der Waals surface area contributed by atoms with Crippen LogP contribution in [0.4, 0.5) is 0 Å². The van der Waals surface area contributed by atoms with Gasteiger partial charge in [-0.3, -0.25) is 0 Å². The van der Waals surface area contributed by atoms with Gasteiger partial charge in [-0.25, -0.2) is 0 Å². The van der Waals surface area contributed by atoms with Gasteiger partial charge in [-0.1, -0.05) is 45.7 Å². The van der Waals surface area contributed by atoms with Crippen molar-refractivity contribution in [3.63, 3.8) is 0 Å². The van der Waals surface area contributed by atoms with Gasteiger partial charge in [0.1, 0.15) is 5.75 Å². The summed E-state index contributed by atoms with van der Waals surface area (Å²) in [4.78, 5) is 0. The standard InChI is InChI=1S/C12H16Br2O/c1-12(2,6-7-13)10-8-9(14)4-5-11(10)15-3/h4-5,8H,6-7H2,1-3H3. The maximum absolute atomic E-state index is 5.40. The minimum Gasteiger partial charge on any atom is -0.496 e. The molecule has 0 saturated carbocycles. The first-order valence-corrected chi connectivity index (χ1v) is 6.82. The van der Waals surface area contributed by atoms with Gasteiger partial charge in [-0.05, 0) is 30.0 Å². The normalized spacial score (nSPS) is 11.5. The molecule has 0 spiro atoms. The predicted octanol–water partition coefficient (Wildman–Crippen LogP) is 4.52. The Labute approximate surface area is 108 Å². The number of ether oxygens (including phenoxy) is 1. The van der Waals surface area contributed by atoms with Crippen LogP contribution in [-0.2, 0) is 5.41 Å². The van der Waals surface area contributed by atoms with Crippen LogP contribution in [0.5, 0.6) is 5.75 Å². The lowest BCUT2D eigenvalue weighted by atomic mass is 9.82. The predicted molar refractivity (Wildman–Crippen MR) is 72.1 cm³/mol. The van der Waals surface area contributed by atoms with Crippen LogP contribution in [0.1, 0.15) is 25.8 Å². The third-order valence-electron chi connectivity index (χ3n) is 2.61. The molecule has 0 aliphatic carbocycles. The van der Waals surface area contributed by atoms with E-state index in [1.54, 1.807) is 7.11 Å². The fourth-order valence-corrected chi connectivity index (χ4v) is 2.93. The van der Waals surface area contributed by atoms with Crippen molar-refractivity contribution in [3.8, 4) is 5.75 Å². The molecule has 0 aliphatic heterocycles. The molecule has 3 heteroatoms. The zero-order valence-corrected chi connectivity index (χ0v) is 12.5. The minimum atomic E-state index is 0.124. The number of hydrogen-bond acceptors (Lipinski definition) is 1. The molecule has 1 rings (SSSR count). The first-order chi connectivity index (χ1) is 7.01. The Hall–Kier alpha value is -0.0200. The second-order valence-electron chi connectivity index (χ2n) is 4.17. The Kier molecular flexibility index (Phi) is 4.65. The summed E-state index contributed by atoms with van der Waals surface area (Å²) in [5.74, 6) is 0.962. The van der Waals surface area contributed by atoms with E-state index in [2.05, 4.69) is 51.8 Å². The molecule has 0 atom stereocenters. The Morgan fingerprint density at radius 1 is 1.33 bits per heavy atom. The van der Waals surface area contributed by atoms with Crippen LogP contribution in [0.3, 0.4) is 0 Å². The summed E-state index contributed by atoms with van der Waals surface area (Å²) < 4.78 is 6.49. The highest BCUT2D eigenvalue weighted by Gasteiger charge is 2.23. The zero-order valence-electron chi connectivity index (χ0n) is 9.31. The molecule has 1 aromatic rings. The van der Waals surface area contributed by atoms with Crippen molar-refractivity contribution < 1.29 is 4.74 Å². The third-order valence-corrected chi connectivity index (χ3v) is 3.50. The lowest BCUT2D eigenvalue weighted by Gasteiger charge is -2.26. The van der Waals surface area contributed by atoms with Gasteiger partial charge in [0.25, 0.3) is 0 Å². The minimum absolute atomic E-state index is 0.124. The average molecular weight is 336 g/mol. The van der Waals surface area contributed by atoms with Gasteiger partial charge in [0.15, 0.2) is 0 Å². The maximum atomic E-state index is 5.40. The van der Waals surface area contributed by atoms with Gasteiger partial charge >= 0.3 is 0 Å². The molecule has 0 aliphatic rings. The second kappa shape index (κ2) is 5.35. The van der Waals surface area contributed by atoms with Gasteiger partial charge in [-0.15, -0.1) is 0 Å². The maximum Gasteiger partial charge on any atom is 0.122 e. The van der Waals surface area contributed by atoms with E-state index in [0.29, 0.717) is 0 Å². The van der Waals surface area contributed by atoms with Crippen LogP contribution in [0.2, 0.25) is 0 Å². The molecule has 0 heterocycles. The molecule has 1 aromatic carbocycles. The number of methoxy groups -OCH3 is 1. The smallest absolute Gasteiger partial charge is 0.122 e. The molecule has 0 bridgehead atoms. The van der Waals surface area contributed by atoms with E-state index >= 15 is 0 Å². The molecule has 84 valence electrons. The molecule has 0 saturated heterocycles. The molecular formula is C12H16Br2O. The van der Waals surface area contributed by atoms with Crippen molar-refractivity contribution >= 4 is 31.9 Å². The van der Waals surface area contributed by atoms with Crippen LogP contribution in [-0.4, -0.2) is 12.4 Å². The molecule has 0 aromatic heterocycles. The molecule has 0 N–H and O–H groups in total. The Bertz CT molecular complexity index is 334. The highest BCUT2D eigenvalue weighted by Crippen LogP contribution is 2.36. The SMILES string of the molecule is COc1ccc(Br)cc1C(C)(C)CCBr. The summed E-state index contributed by atoms with van der Waals surface area (Å²) in [7, 11) is 1.72. The van der Waals surface area contributed by atoms with Gasteiger partial charge in [0, 0.05) is 15.4 Å². The van der Waals surface area contributed by atoms with Gasteiger partial charge in [0.2, 0.25) is 0 Å². The Morgan fingerprint density at radius 2 is 2.00 bits per heavy atom. The Balaban J connectivity index is 3.15. The lowest BCUT2D eigenvalue weighted by molar-refractivity contribution is 0.390. The second-order valence-corrected chi connectivity index (χ2v) is 5.88. The van der Waals surface area contributed by atoms with Crippen molar-refractivity contribution in [3.05, 3.63) is 28.2 Å². The molecular weight excluding hydrogens is 320 g/mol. The largest absolute Gasteiger partial charge is 0.496 e. The zero-order chi connectivity index (χ0) is 11.5. The molecule has 1 nitrogen and oxygen atoms in total. The summed E-state index contributed by atoms with van der Waals surface area (Å²) in [5.41, 5.74) is 1.37. The van der Waals surface area contributed by atoms with Crippen LogP contribution in [0.15, 0.2) is 22.7 Å². The van der Waals surface area contributed by atoms with Crippen molar-refractivity contribution in [1.82, 2.24) is 0 Å². The monoisotopic (exact) mass is 334 g/mol. The number of rotatable bonds is 4. The number of alkyl halides is 1. The van der Waals surface area contributed by atoms with E-state index in [-0.39, 0.29) is 5.41 Å². The summed E-state index contributed by atoms with van der Waals surface area (Å²) in [6.45, 7) is 4.47. The van der Waals surface area contributed by atoms with Gasteiger partial charge in [-0.2, -0.15) is 0 Å². The van der Waals surface area contributed by atoms with E-state index in [1.165, 1.54) is 5.56 Å². The summed E-state index contributed by atoms with van der Waals surface area (Å²) in [5, 5.41) is 0.996. The summed E-state index contributed by atoms with van der Waals surface area (Å²) in [6.07, 6.45) is 1.08. The van der Waals surface area contributed by atoms with E-state index in [9.17, 15) is 0 Å². The van der Waals surface area contributed by atoms with Crippen molar-refractivity contribution in [1.29, 1.82) is 0 Å². The van der Waals surface area contributed by atoms with E-state index in [0.717, 1.165) is 22.0 Å². The first kappa shape index (κ1) is 13.0. The van der Waals surface area contributed by atoms with Crippen molar-refractivity contribution in [2.24, 2.45) is 0 Å². The Morgan fingerprint density at radius 3 is 2.53 bits per heavy atom. The summed E-state index contributed by atoms with van der Waals surface area (Å²) in [6, 6.07) is 6.16. The fourth-order valence-electron chi connectivity index (χ4n) is 1.58. The highest BCUT2D eigenvalue weighted by molar-refractivity contribution is 9.10. The van der Waals surface area contributed by atoms with Crippen LogP contribution in [0.25, 0.3) is 0 Å². The number of benzene rings is 1. The molecule has 0 radical (unpaired) electrons. The number of halogens is 2. The topological polar surface area (TPSA) is 9.23 Å². The van der Waals surface area contributed by atoms with Crippen molar-refractivity contribution in [2.45, 2.75) is 25.7 Å². The van der Waals surface area contributed by atoms with Crippen molar-refractivity contribution in [2.75, 3.05) is 12.4 Å². The van der Waals surface area contributed by atoms with E-state index in [1.807, 2.05) is 12.1 Å². The van der Waals surface area contributed by atoms with Crippen LogP contribution in [0, 0.1) is 0 Å². The quantitative estimate of drug-likeness (QED) is 0.735.